The van der Waals surface area contributed by atoms with E-state index < -0.39 is 0 Å². The second-order valence-electron chi connectivity index (χ2n) is 5.94. The number of para-hydroxylation sites is 1. The largest absolute Gasteiger partial charge is 0.494 e. The number of rotatable bonds is 13. The molecule has 2 N–H and O–H groups in total. The number of unbranched alkanes of at least 4 members (excludes halogenated alkanes) is 1. The SMILES string of the molecule is CCNC(=NCCCOc1ccccc1)NCCCCN(CC)CC. The minimum absolute atomic E-state index is 0.691. The third-order valence-electron chi connectivity index (χ3n) is 4.02. The van der Waals surface area contributed by atoms with Crippen molar-refractivity contribution in [3.63, 3.8) is 0 Å². The van der Waals surface area contributed by atoms with Crippen molar-refractivity contribution in [2.75, 3.05) is 45.9 Å². The van der Waals surface area contributed by atoms with Crippen molar-refractivity contribution in [1.82, 2.24) is 15.5 Å². The highest BCUT2D eigenvalue weighted by Gasteiger charge is 2.00. The Bertz CT molecular complexity index is 446. The van der Waals surface area contributed by atoms with Gasteiger partial charge in [-0.2, -0.15) is 0 Å². The Hall–Kier alpha value is -1.75. The lowest BCUT2D eigenvalue weighted by Gasteiger charge is -2.18. The lowest BCUT2D eigenvalue weighted by molar-refractivity contribution is 0.297. The van der Waals surface area contributed by atoms with E-state index >= 15 is 0 Å². The van der Waals surface area contributed by atoms with E-state index in [1.807, 2.05) is 30.3 Å². The van der Waals surface area contributed by atoms with Crippen molar-refractivity contribution < 1.29 is 4.74 Å². The number of benzene rings is 1. The minimum Gasteiger partial charge on any atom is -0.494 e. The minimum atomic E-state index is 0.691. The average molecular weight is 349 g/mol. The Labute approximate surface area is 153 Å². The van der Waals surface area contributed by atoms with Crippen molar-refractivity contribution >= 4 is 5.96 Å². The first-order chi connectivity index (χ1) is 12.3. The van der Waals surface area contributed by atoms with E-state index in [0.717, 1.165) is 57.3 Å². The molecule has 0 saturated heterocycles. The molecule has 0 radical (unpaired) electrons. The molecule has 1 aromatic rings. The molecule has 0 amide bonds. The molecule has 142 valence electrons. The smallest absolute Gasteiger partial charge is 0.191 e. The second-order valence-corrected chi connectivity index (χ2v) is 5.94. The van der Waals surface area contributed by atoms with Gasteiger partial charge in [-0.3, -0.25) is 4.99 Å². The predicted molar refractivity (Wildman–Crippen MR) is 108 cm³/mol. The Kier molecular flexibility index (Phi) is 12.4. The summed E-state index contributed by atoms with van der Waals surface area (Å²) in [5.41, 5.74) is 0. The molecule has 1 aromatic carbocycles. The summed E-state index contributed by atoms with van der Waals surface area (Å²) in [4.78, 5) is 7.08. The fraction of sp³-hybridized carbons (Fsp3) is 0.650. The summed E-state index contributed by atoms with van der Waals surface area (Å²) in [6.07, 6.45) is 3.30. The van der Waals surface area contributed by atoms with Crippen LogP contribution in [-0.2, 0) is 0 Å². The van der Waals surface area contributed by atoms with Crippen LogP contribution < -0.4 is 15.4 Å². The van der Waals surface area contributed by atoms with Crippen molar-refractivity contribution in [3.8, 4) is 5.75 Å². The quantitative estimate of drug-likeness (QED) is 0.327. The van der Waals surface area contributed by atoms with Crippen molar-refractivity contribution in [2.24, 2.45) is 4.99 Å². The van der Waals surface area contributed by atoms with E-state index in [1.54, 1.807) is 0 Å². The number of guanidine groups is 1. The molecule has 25 heavy (non-hydrogen) atoms. The summed E-state index contributed by atoms with van der Waals surface area (Å²) in [5.74, 6) is 1.83. The highest BCUT2D eigenvalue weighted by Crippen LogP contribution is 2.08. The van der Waals surface area contributed by atoms with Crippen LogP contribution in [0.15, 0.2) is 35.3 Å². The molecule has 0 aliphatic rings. The van der Waals surface area contributed by atoms with Gasteiger partial charge >= 0.3 is 0 Å². The molecule has 0 aliphatic carbocycles. The normalized spacial score (nSPS) is 11.6. The summed E-state index contributed by atoms with van der Waals surface area (Å²) < 4.78 is 5.69. The first-order valence-corrected chi connectivity index (χ1v) is 9.72. The number of ether oxygens (including phenoxy) is 1. The molecule has 0 unspecified atom stereocenters. The van der Waals surface area contributed by atoms with Gasteiger partial charge in [-0.05, 0) is 51.5 Å². The van der Waals surface area contributed by atoms with Crippen molar-refractivity contribution in [1.29, 1.82) is 0 Å². The van der Waals surface area contributed by atoms with Crippen LogP contribution in [0.3, 0.4) is 0 Å². The van der Waals surface area contributed by atoms with Gasteiger partial charge in [-0.25, -0.2) is 0 Å². The summed E-state index contributed by atoms with van der Waals surface area (Å²) in [6, 6.07) is 9.93. The molecule has 0 aliphatic heterocycles. The summed E-state index contributed by atoms with van der Waals surface area (Å²) in [5, 5.41) is 6.72. The van der Waals surface area contributed by atoms with Crippen LogP contribution in [0, 0.1) is 0 Å². The van der Waals surface area contributed by atoms with Gasteiger partial charge in [0.25, 0.3) is 0 Å². The topological polar surface area (TPSA) is 48.9 Å². The molecule has 0 bridgehead atoms. The lowest BCUT2D eigenvalue weighted by atomic mass is 10.3. The molecule has 0 atom stereocenters. The van der Waals surface area contributed by atoms with Gasteiger partial charge in [0.1, 0.15) is 5.75 Å². The van der Waals surface area contributed by atoms with Crippen LogP contribution >= 0.6 is 0 Å². The van der Waals surface area contributed by atoms with E-state index in [0.29, 0.717) is 6.61 Å². The Morgan fingerprint density at radius 1 is 1.00 bits per heavy atom. The Morgan fingerprint density at radius 3 is 2.44 bits per heavy atom. The molecule has 5 nitrogen and oxygen atoms in total. The number of nitrogens with one attached hydrogen (secondary N) is 2. The second kappa shape index (κ2) is 14.6. The van der Waals surface area contributed by atoms with Gasteiger partial charge < -0.3 is 20.3 Å². The van der Waals surface area contributed by atoms with Crippen molar-refractivity contribution in [3.05, 3.63) is 30.3 Å². The first-order valence-electron chi connectivity index (χ1n) is 9.72. The maximum Gasteiger partial charge on any atom is 0.191 e. The van der Waals surface area contributed by atoms with E-state index in [1.165, 1.54) is 13.0 Å². The summed E-state index contributed by atoms with van der Waals surface area (Å²) in [6.45, 7) is 13.3. The summed E-state index contributed by atoms with van der Waals surface area (Å²) >= 11 is 0. The number of hydrogen-bond acceptors (Lipinski definition) is 3. The zero-order valence-corrected chi connectivity index (χ0v) is 16.3. The third-order valence-corrected chi connectivity index (χ3v) is 4.02. The fourth-order valence-corrected chi connectivity index (χ4v) is 2.51. The number of nitrogens with zero attached hydrogens (tertiary/aromatic N) is 2. The van der Waals surface area contributed by atoms with Crippen LogP contribution in [0.25, 0.3) is 0 Å². The molecule has 0 heterocycles. The molecule has 0 saturated carbocycles. The molecule has 0 fully saturated rings. The standard InChI is InChI=1S/C20H36N4O/c1-4-21-20(22-15-10-11-17-24(5-2)6-3)23-16-12-18-25-19-13-8-7-9-14-19/h7-9,13-14H,4-6,10-12,15-18H2,1-3H3,(H2,21,22,23). The van der Waals surface area contributed by atoms with E-state index in [4.69, 9.17) is 4.74 Å². The third kappa shape index (κ3) is 10.7. The first kappa shape index (κ1) is 21.3. The molecule has 5 heteroatoms. The highest BCUT2D eigenvalue weighted by molar-refractivity contribution is 5.79. The fourth-order valence-electron chi connectivity index (χ4n) is 2.51. The van der Waals surface area contributed by atoms with Crippen LogP contribution in [0.5, 0.6) is 5.75 Å². The Balaban J connectivity index is 2.15. The maximum atomic E-state index is 5.69. The van der Waals surface area contributed by atoms with E-state index in [9.17, 15) is 0 Å². The van der Waals surface area contributed by atoms with Gasteiger partial charge in [-0.15, -0.1) is 0 Å². The monoisotopic (exact) mass is 348 g/mol. The van der Waals surface area contributed by atoms with Gasteiger partial charge in [0.2, 0.25) is 0 Å². The molecular weight excluding hydrogens is 312 g/mol. The van der Waals surface area contributed by atoms with Gasteiger partial charge in [-0.1, -0.05) is 32.0 Å². The number of aliphatic imine (C=N–C) groups is 1. The van der Waals surface area contributed by atoms with Gasteiger partial charge in [0.05, 0.1) is 6.61 Å². The number of hydrogen-bond donors (Lipinski definition) is 2. The zero-order valence-electron chi connectivity index (χ0n) is 16.3. The predicted octanol–water partition coefficient (Wildman–Crippen LogP) is 3.13. The van der Waals surface area contributed by atoms with E-state index in [2.05, 4.69) is 41.3 Å². The van der Waals surface area contributed by atoms with Crippen LogP contribution in [0.4, 0.5) is 0 Å². The average Bonchev–Trinajstić information content (AvgIpc) is 2.65. The van der Waals surface area contributed by atoms with Crippen LogP contribution in [0.2, 0.25) is 0 Å². The lowest BCUT2D eigenvalue weighted by Crippen LogP contribution is -2.38. The van der Waals surface area contributed by atoms with Gasteiger partial charge in [0, 0.05) is 26.1 Å². The highest BCUT2D eigenvalue weighted by atomic mass is 16.5. The van der Waals surface area contributed by atoms with Gasteiger partial charge in [0.15, 0.2) is 5.96 Å². The molecule has 0 spiro atoms. The maximum absolute atomic E-state index is 5.69. The zero-order chi connectivity index (χ0) is 18.2. The molecular formula is C20H36N4O. The molecule has 1 rings (SSSR count). The summed E-state index contributed by atoms with van der Waals surface area (Å²) in [7, 11) is 0. The van der Waals surface area contributed by atoms with Crippen molar-refractivity contribution in [2.45, 2.75) is 40.0 Å². The Morgan fingerprint density at radius 2 is 1.76 bits per heavy atom. The van der Waals surface area contributed by atoms with Crippen LogP contribution in [0.1, 0.15) is 40.0 Å². The van der Waals surface area contributed by atoms with Crippen LogP contribution in [-0.4, -0.2) is 56.7 Å². The molecule has 0 aromatic heterocycles. The van der Waals surface area contributed by atoms with E-state index in [-0.39, 0.29) is 0 Å².